The summed E-state index contributed by atoms with van der Waals surface area (Å²) in [6, 6.07) is 7.62. The molecule has 0 spiro atoms. The summed E-state index contributed by atoms with van der Waals surface area (Å²) < 4.78 is 5.46. The summed E-state index contributed by atoms with van der Waals surface area (Å²) in [7, 11) is 0. The topological polar surface area (TPSA) is 77.6 Å². The van der Waals surface area contributed by atoms with Gasteiger partial charge >= 0.3 is 0 Å². The molecular formula is C9H10N3OS+. The highest BCUT2D eigenvalue weighted by molar-refractivity contribution is 8.12. The lowest BCUT2D eigenvalue weighted by Crippen LogP contribution is -2.43. The van der Waals surface area contributed by atoms with Gasteiger partial charge in [-0.25, -0.2) is 4.98 Å². The molecule has 0 atom stereocenters. The molecule has 0 saturated heterocycles. The Bertz CT molecular complexity index is 433. The van der Waals surface area contributed by atoms with Crippen molar-refractivity contribution in [3.05, 3.63) is 30.2 Å². The molecule has 2 aromatic rings. The fraction of sp³-hybridized carbons (Fsp3) is 0.111. The first kappa shape index (κ1) is 9.08. The number of hydrogen-bond donors (Lipinski definition) is 2. The predicted octanol–water partition coefficient (Wildman–Crippen LogP) is 0.135. The van der Waals surface area contributed by atoms with Crippen LogP contribution >= 0.6 is 11.8 Å². The number of aromatic nitrogens is 1. The summed E-state index contributed by atoms with van der Waals surface area (Å²) in [4.78, 5) is 4.27. The summed E-state index contributed by atoms with van der Waals surface area (Å²) >= 11 is 1.32. The maximum atomic E-state index is 5.46. The smallest absolute Gasteiger partial charge is 0.300 e. The van der Waals surface area contributed by atoms with Crippen LogP contribution in [-0.2, 0) is 5.75 Å². The SMILES string of the molecule is NC(=[NH2+])SCc1nc2ccccc2o1. The van der Waals surface area contributed by atoms with Crippen molar-refractivity contribution in [2.75, 3.05) is 0 Å². The zero-order valence-corrected chi connectivity index (χ0v) is 8.25. The van der Waals surface area contributed by atoms with Crippen molar-refractivity contribution in [1.29, 1.82) is 0 Å². The number of nitrogens with zero attached hydrogens (tertiary/aromatic N) is 1. The molecule has 72 valence electrons. The average molecular weight is 208 g/mol. The van der Waals surface area contributed by atoms with E-state index in [1.165, 1.54) is 11.8 Å². The van der Waals surface area contributed by atoms with E-state index in [0.29, 0.717) is 16.8 Å². The Morgan fingerprint density at radius 3 is 3.00 bits per heavy atom. The van der Waals surface area contributed by atoms with Crippen LogP contribution in [-0.4, -0.2) is 10.2 Å². The minimum atomic E-state index is 0.326. The van der Waals surface area contributed by atoms with Crippen molar-refractivity contribution in [3.8, 4) is 0 Å². The average Bonchev–Trinajstić information content (AvgIpc) is 2.57. The Balaban J connectivity index is 2.22. The number of para-hydroxylation sites is 2. The molecule has 4 N–H and O–H groups in total. The largest absolute Gasteiger partial charge is 0.440 e. The molecule has 5 heteroatoms. The second-order valence-corrected chi connectivity index (χ2v) is 3.82. The van der Waals surface area contributed by atoms with E-state index in [0.717, 1.165) is 11.1 Å². The molecule has 0 aliphatic carbocycles. The van der Waals surface area contributed by atoms with Gasteiger partial charge in [-0.2, -0.15) is 0 Å². The second kappa shape index (κ2) is 3.71. The lowest BCUT2D eigenvalue weighted by atomic mass is 10.3. The van der Waals surface area contributed by atoms with E-state index in [-0.39, 0.29) is 0 Å². The fourth-order valence-electron chi connectivity index (χ4n) is 1.13. The van der Waals surface area contributed by atoms with Gasteiger partial charge in [0.2, 0.25) is 5.89 Å². The van der Waals surface area contributed by atoms with Gasteiger partial charge in [-0.05, 0) is 23.9 Å². The van der Waals surface area contributed by atoms with E-state index in [1.807, 2.05) is 24.3 Å². The molecule has 0 fully saturated rings. The molecule has 0 bridgehead atoms. The third kappa shape index (κ3) is 1.88. The molecule has 0 unspecified atom stereocenters. The number of nitrogens with two attached hydrogens (primary N) is 2. The summed E-state index contributed by atoms with van der Waals surface area (Å²) in [5, 5.41) is 5.65. The number of thioether (sulfide) groups is 1. The third-order valence-electron chi connectivity index (χ3n) is 1.70. The molecule has 0 aliphatic rings. The van der Waals surface area contributed by atoms with E-state index >= 15 is 0 Å². The van der Waals surface area contributed by atoms with Crippen LogP contribution in [0.4, 0.5) is 0 Å². The quantitative estimate of drug-likeness (QED) is 0.543. The van der Waals surface area contributed by atoms with Crippen LogP contribution in [0.15, 0.2) is 28.7 Å². The third-order valence-corrected chi connectivity index (χ3v) is 2.43. The van der Waals surface area contributed by atoms with Crippen LogP contribution in [0, 0.1) is 0 Å². The number of amidine groups is 1. The molecule has 1 aromatic heterocycles. The van der Waals surface area contributed by atoms with Crippen molar-refractivity contribution in [2.45, 2.75) is 5.75 Å². The van der Waals surface area contributed by atoms with Crippen molar-refractivity contribution in [1.82, 2.24) is 4.98 Å². The summed E-state index contributed by atoms with van der Waals surface area (Å²) in [5.41, 5.74) is 6.97. The highest BCUT2D eigenvalue weighted by Crippen LogP contribution is 2.17. The first-order valence-corrected chi connectivity index (χ1v) is 5.09. The monoisotopic (exact) mass is 208 g/mol. The van der Waals surface area contributed by atoms with E-state index in [4.69, 9.17) is 15.6 Å². The highest BCUT2D eigenvalue weighted by atomic mass is 32.2. The van der Waals surface area contributed by atoms with Gasteiger partial charge in [-0.15, -0.1) is 0 Å². The molecule has 0 aliphatic heterocycles. The summed E-state index contributed by atoms with van der Waals surface area (Å²) in [6.07, 6.45) is 0. The predicted molar refractivity (Wildman–Crippen MR) is 56.4 cm³/mol. The zero-order valence-electron chi connectivity index (χ0n) is 7.43. The normalized spacial score (nSPS) is 10.6. The van der Waals surface area contributed by atoms with Crippen LogP contribution in [0.2, 0.25) is 0 Å². The second-order valence-electron chi connectivity index (χ2n) is 2.77. The Labute approximate surface area is 85.0 Å². The molecule has 0 amide bonds. The Morgan fingerprint density at radius 2 is 2.29 bits per heavy atom. The number of fused-ring (bicyclic) bond motifs is 1. The summed E-state index contributed by atoms with van der Waals surface area (Å²) in [6.45, 7) is 0. The van der Waals surface area contributed by atoms with Gasteiger partial charge in [0.05, 0.1) is 5.75 Å². The maximum absolute atomic E-state index is 5.46. The lowest BCUT2D eigenvalue weighted by molar-refractivity contribution is -0.110. The van der Waals surface area contributed by atoms with Gasteiger partial charge in [-0.1, -0.05) is 12.1 Å². The lowest BCUT2D eigenvalue weighted by Gasteiger charge is -1.87. The van der Waals surface area contributed by atoms with Gasteiger partial charge in [-0.3, -0.25) is 11.1 Å². The Hall–Kier alpha value is -1.49. The Morgan fingerprint density at radius 1 is 1.50 bits per heavy atom. The van der Waals surface area contributed by atoms with Crippen LogP contribution in [0.3, 0.4) is 0 Å². The zero-order chi connectivity index (χ0) is 9.97. The molecule has 2 rings (SSSR count). The van der Waals surface area contributed by atoms with Crippen LogP contribution in [0.1, 0.15) is 5.89 Å². The molecule has 4 nitrogen and oxygen atoms in total. The standard InChI is InChI=1S/C9H9N3OS/c10-9(11)14-5-8-12-6-3-1-2-4-7(6)13-8/h1-4H,5H2,(H3,10,11)/p+1. The number of oxazole rings is 1. The van der Waals surface area contributed by atoms with Gasteiger partial charge < -0.3 is 4.42 Å². The van der Waals surface area contributed by atoms with Crippen molar-refractivity contribution < 1.29 is 9.83 Å². The van der Waals surface area contributed by atoms with E-state index in [9.17, 15) is 0 Å². The maximum Gasteiger partial charge on any atom is 0.300 e. The summed E-state index contributed by atoms with van der Waals surface area (Å²) in [5.74, 6) is 1.21. The fourth-order valence-corrected chi connectivity index (χ4v) is 1.54. The number of benzene rings is 1. The first-order chi connectivity index (χ1) is 6.75. The van der Waals surface area contributed by atoms with Gasteiger partial charge in [0.25, 0.3) is 5.17 Å². The number of hydrogen-bond acceptors (Lipinski definition) is 3. The van der Waals surface area contributed by atoms with Crippen LogP contribution in [0.25, 0.3) is 11.1 Å². The molecule has 1 aromatic carbocycles. The first-order valence-electron chi connectivity index (χ1n) is 4.11. The molecule has 0 saturated carbocycles. The molecule has 0 radical (unpaired) electrons. The molecule has 1 heterocycles. The molecular weight excluding hydrogens is 198 g/mol. The van der Waals surface area contributed by atoms with Gasteiger partial charge in [0, 0.05) is 0 Å². The van der Waals surface area contributed by atoms with E-state index < -0.39 is 0 Å². The van der Waals surface area contributed by atoms with Crippen molar-refractivity contribution in [3.63, 3.8) is 0 Å². The molecule has 14 heavy (non-hydrogen) atoms. The van der Waals surface area contributed by atoms with Crippen LogP contribution in [0.5, 0.6) is 0 Å². The minimum Gasteiger partial charge on any atom is -0.440 e. The van der Waals surface area contributed by atoms with Crippen LogP contribution < -0.4 is 11.1 Å². The van der Waals surface area contributed by atoms with Crippen molar-refractivity contribution >= 4 is 28.0 Å². The highest BCUT2D eigenvalue weighted by Gasteiger charge is 2.06. The Kier molecular flexibility index (Phi) is 2.41. The van der Waals surface area contributed by atoms with E-state index in [2.05, 4.69) is 4.98 Å². The van der Waals surface area contributed by atoms with Gasteiger partial charge in [0.1, 0.15) is 5.52 Å². The van der Waals surface area contributed by atoms with E-state index in [1.54, 1.807) is 0 Å². The van der Waals surface area contributed by atoms with Crippen molar-refractivity contribution in [2.24, 2.45) is 5.73 Å². The van der Waals surface area contributed by atoms with Gasteiger partial charge in [0.15, 0.2) is 5.58 Å². The minimum absolute atomic E-state index is 0.326. The number of rotatable bonds is 2.